The normalized spacial score (nSPS) is 13.9. The molecular formula is C14H14N2O4S2. The Hall–Kier alpha value is -1.93. The zero-order chi connectivity index (χ0) is 15.9. The highest BCUT2D eigenvalue weighted by Crippen LogP contribution is 2.31. The van der Waals surface area contributed by atoms with Crippen LogP contribution >= 0.6 is 11.5 Å². The van der Waals surface area contributed by atoms with E-state index in [-0.39, 0.29) is 16.3 Å². The Kier molecular flexibility index (Phi) is 3.65. The Morgan fingerprint density at radius 2 is 2.09 bits per heavy atom. The molecule has 2 N–H and O–H groups in total. The molecule has 116 valence electrons. The van der Waals surface area contributed by atoms with Crippen molar-refractivity contribution in [2.45, 2.75) is 31.1 Å². The van der Waals surface area contributed by atoms with Gasteiger partial charge in [-0.3, -0.25) is 4.72 Å². The second kappa shape index (κ2) is 5.36. The minimum absolute atomic E-state index is 0.00418. The smallest absolute Gasteiger partial charge is 0.335 e. The molecule has 0 atom stereocenters. The summed E-state index contributed by atoms with van der Waals surface area (Å²) in [4.78, 5) is 12.2. The molecule has 1 aromatic carbocycles. The van der Waals surface area contributed by atoms with E-state index in [2.05, 4.69) is 9.10 Å². The number of carboxylic acid groups (broad SMARTS) is 1. The van der Waals surface area contributed by atoms with Crippen LogP contribution in [0.2, 0.25) is 0 Å². The molecule has 0 amide bonds. The van der Waals surface area contributed by atoms with Crippen molar-refractivity contribution >= 4 is 33.3 Å². The highest BCUT2D eigenvalue weighted by Gasteiger charge is 2.26. The number of carboxylic acids is 1. The Morgan fingerprint density at radius 3 is 2.73 bits per heavy atom. The molecule has 22 heavy (non-hydrogen) atoms. The summed E-state index contributed by atoms with van der Waals surface area (Å²) in [5, 5.41) is 9.17. The second-order valence-corrected chi connectivity index (χ2v) is 7.86. The van der Waals surface area contributed by atoms with Crippen LogP contribution in [0.4, 0.5) is 5.82 Å². The van der Waals surface area contributed by atoms with Gasteiger partial charge in [-0.2, -0.15) is 4.37 Å². The van der Waals surface area contributed by atoms with E-state index >= 15 is 0 Å². The SMILES string of the molecule is Cc1cc(NS(=O)(=O)c2cc(C(=O)O)cc3c2CCC3)ns1. The van der Waals surface area contributed by atoms with Crippen LogP contribution in [0.15, 0.2) is 23.1 Å². The molecular weight excluding hydrogens is 324 g/mol. The van der Waals surface area contributed by atoms with Gasteiger partial charge >= 0.3 is 5.97 Å². The van der Waals surface area contributed by atoms with Crippen LogP contribution in [0, 0.1) is 6.92 Å². The molecule has 0 saturated heterocycles. The van der Waals surface area contributed by atoms with Gasteiger partial charge in [-0.1, -0.05) is 0 Å². The predicted octanol–water partition coefficient (Wildman–Crippen LogP) is 2.44. The van der Waals surface area contributed by atoms with E-state index < -0.39 is 16.0 Å². The van der Waals surface area contributed by atoms with Crippen LogP contribution in [0.25, 0.3) is 0 Å². The number of carbonyl (C=O) groups is 1. The lowest BCUT2D eigenvalue weighted by Gasteiger charge is -2.11. The maximum atomic E-state index is 12.6. The summed E-state index contributed by atoms with van der Waals surface area (Å²) in [5.41, 5.74) is 1.51. The molecule has 3 rings (SSSR count). The van der Waals surface area contributed by atoms with Crippen LogP contribution in [0.3, 0.4) is 0 Å². The fraction of sp³-hybridized carbons (Fsp3) is 0.286. The van der Waals surface area contributed by atoms with Crippen LogP contribution in [-0.4, -0.2) is 23.9 Å². The van der Waals surface area contributed by atoms with Crippen LogP contribution in [0.1, 0.15) is 32.8 Å². The quantitative estimate of drug-likeness (QED) is 0.892. The number of aromatic nitrogens is 1. The average molecular weight is 338 g/mol. The molecule has 1 aliphatic rings. The fourth-order valence-electron chi connectivity index (χ4n) is 2.64. The lowest BCUT2D eigenvalue weighted by molar-refractivity contribution is 0.0696. The lowest BCUT2D eigenvalue weighted by Crippen LogP contribution is -2.16. The first-order valence-electron chi connectivity index (χ1n) is 6.72. The summed E-state index contributed by atoms with van der Waals surface area (Å²) in [6.07, 6.45) is 2.17. The molecule has 1 heterocycles. The summed E-state index contributed by atoms with van der Waals surface area (Å²) in [6, 6.07) is 4.44. The minimum atomic E-state index is -3.85. The van der Waals surface area contributed by atoms with E-state index in [0.29, 0.717) is 18.4 Å². The van der Waals surface area contributed by atoms with Gasteiger partial charge in [0.05, 0.1) is 10.5 Å². The van der Waals surface area contributed by atoms with Gasteiger partial charge in [0.1, 0.15) is 0 Å². The Labute approximate surface area is 132 Å². The Bertz CT molecular complexity index is 856. The number of aromatic carboxylic acids is 1. The number of hydrogen-bond acceptors (Lipinski definition) is 5. The van der Waals surface area contributed by atoms with Gasteiger partial charge in [0.15, 0.2) is 5.82 Å². The summed E-state index contributed by atoms with van der Waals surface area (Å²) in [7, 11) is -3.85. The van der Waals surface area contributed by atoms with Crippen molar-refractivity contribution < 1.29 is 18.3 Å². The van der Waals surface area contributed by atoms with Gasteiger partial charge in [-0.25, -0.2) is 13.2 Å². The fourth-order valence-corrected chi connectivity index (χ4v) is 4.53. The molecule has 8 heteroatoms. The van der Waals surface area contributed by atoms with Crippen molar-refractivity contribution in [1.82, 2.24) is 4.37 Å². The van der Waals surface area contributed by atoms with Gasteiger partial charge in [-0.15, -0.1) is 0 Å². The number of nitrogens with one attached hydrogen (secondary N) is 1. The molecule has 0 bridgehead atoms. The first-order chi connectivity index (χ1) is 10.4. The van der Waals surface area contributed by atoms with Gasteiger partial charge in [0, 0.05) is 4.88 Å². The highest BCUT2D eigenvalue weighted by atomic mass is 32.2. The molecule has 0 aliphatic heterocycles. The van der Waals surface area contributed by atoms with Gasteiger partial charge in [-0.05, 0) is 67.0 Å². The number of sulfonamides is 1. The highest BCUT2D eigenvalue weighted by molar-refractivity contribution is 7.92. The number of nitrogens with zero attached hydrogens (tertiary/aromatic N) is 1. The van der Waals surface area contributed by atoms with Crippen molar-refractivity contribution in [2.75, 3.05) is 4.72 Å². The monoisotopic (exact) mass is 338 g/mol. The zero-order valence-electron chi connectivity index (χ0n) is 11.8. The molecule has 0 radical (unpaired) electrons. The molecule has 6 nitrogen and oxygen atoms in total. The molecule has 0 unspecified atom stereocenters. The summed E-state index contributed by atoms with van der Waals surface area (Å²) < 4.78 is 31.7. The third-order valence-electron chi connectivity index (χ3n) is 3.58. The number of anilines is 1. The number of fused-ring (bicyclic) bond motifs is 1. The number of aryl methyl sites for hydroxylation is 2. The lowest BCUT2D eigenvalue weighted by atomic mass is 10.1. The van der Waals surface area contributed by atoms with Crippen molar-refractivity contribution in [3.8, 4) is 0 Å². The maximum Gasteiger partial charge on any atom is 0.335 e. The van der Waals surface area contributed by atoms with E-state index in [0.717, 1.165) is 16.9 Å². The molecule has 0 spiro atoms. The number of benzene rings is 1. The van der Waals surface area contributed by atoms with Crippen molar-refractivity contribution in [1.29, 1.82) is 0 Å². The summed E-state index contributed by atoms with van der Waals surface area (Å²) in [5.74, 6) is -0.870. The van der Waals surface area contributed by atoms with Gasteiger partial charge < -0.3 is 5.11 Å². The Morgan fingerprint density at radius 1 is 1.32 bits per heavy atom. The third-order valence-corrected chi connectivity index (χ3v) is 5.69. The van der Waals surface area contributed by atoms with Crippen molar-refractivity contribution in [2.24, 2.45) is 0 Å². The van der Waals surface area contributed by atoms with E-state index in [4.69, 9.17) is 0 Å². The van der Waals surface area contributed by atoms with Crippen LogP contribution in [-0.2, 0) is 22.9 Å². The van der Waals surface area contributed by atoms with Gasteiger partial charge in [0.25, 0.3) is 10.0 Å². The van der Waals surface area contributed by atoms with Crippen LogP contribution in [0.5, 0.6) is 0 Å². The standard InChI is InChI=1S/C14H14N2O4S2/c1-8-5-13(15-21-8)16-22(19,20)12-7-10(14(17)18)6-9-3-2-4-11(9)12/h5-7H,2-4H2,1H3,(H,15,16)(H,17,18). The zero-order valence-corrected chi connectivity index (χ0v) is 13.4. The predicted molar refractivity (Wildman–Crippen MR) is 83.1 cm³/mol. The Balaban J connectivity index is 2.08. The first kappa shape index (κ1) is 15.0. The summed E-state index contributed by atoms with van der Waals surface area (Å²) in [6.45, 7) is 1.83. The van der Waals surface area contributed by atoms with Crippen molar-refractivity contribution in [3.05, 3.63) is 39.8 Å². The molecule has 0 saturated carbocycles. The topological polar surface area (TPSA) is 96.4 Å². The van der Waals surface area contributed by atoms with Crippen LogP contribution < -0.4 is 4.72 Å². The average Bonchev–Trinajstić information content (AvgIpc) is 3.05. The molecule has 1 aliphatic carbocycles. The molecule has 1 aromatic heterocycles. The third kappa shape index (κ3) is 2.71. The second-order valence-electron chi connectivity index (χ2n) is 5.20. The number of rotatable bonds is 4. The largest absolute Gasteiger partial charge is 0.478 e. The van der Waals surface area contributed by atoms with Gasteiger partial charge in [0.2, 0.25) is 0 Å². The van der Waals surface area contributed by atoms with E-state index in [1.807, 2.05) is 6.92 Å². The summed E-state index contributed by atoms with van der Waals surface area (Å²) >= 11 is 1.20. The van der Waals surface area contributed by atoms with Crippen molar-refractivity contribution in [3.63, 3.8) is 0 Å². The minimum Gasteiger partial charge on any atom is -0.478 e. The van der Waals surface area contributed by atoms with E-state index in [9.17, 15) is 18.3 Å². The molecule has 0 fully saturated rings. The van der Waals surface area contributed by atoms with E-state index in [1.165, 1.54) is 17.6 Å². The van der Waals surface area contributed by atoms with E-state index in [1.54, 1.807) is 12.1 Å². The number of hydrogen-bond donors (Lipinski definition) is 2. The maximum absolute atomic E-state index is 12.6. The molecule has 2 aromatic rings. The first-order valence-corrected chi connectivity index (χ1v) is 8.98.